The van der Waals surface area contributed by atoms with Gasteiger partial charge in [0, 0.05) is 13.2 Å². The van der Waals surface area contributed by atoms with Gasteiger partial charge in [0.25, 0.3) is 0 Å². The Morgan fingerprint density at radius 1 is 1.57 bits per heavy atom. The van der Waals surface area contributed by atoms with E-state index in [0.717, 1.165) is 0 Å². The first-order chi connectivity index (χ1) is 6.33. The van der Waals surface area contributed by atoms with Crippen LogP contribution in [0.3, 0.4) is 0 Å². The van der Waals surface area contributed by atoms with Gasteiger partial charge in [-0.3, -0.25) is 4.68 Å². The second kappa shape index (κ2) is 3.61. The Hall–Kier alpha value is -1.04. The van der Waals surface area contributed by atoms with Crippen molar-refractivity contribution >= 4 is 15.5 Å². The van der Waals surface area contributed by atoms with Gasteiger partial charge in [-0.25, -0.2) is 8.42 Å². The number of rotatable bonds is 3. The molecule has 0 atom stereocenters. The van der Waals surface area contributed by atoms with Crippen molar-refractivity contribution in [3.8, 4) is 0 Å². The lowest BCUT2D eigenvalue weighted by Crippen LogP contribution is -2.14. The van der Waals surface area contributed by atoms with E-state index in [-0.39, 0.29) is 22.4 Å². The summed E-state index contributed by atoms with van der Waals surface area (Å²) in [7, 11) is -1.68. The molecule has 0 saturated heterocycles. The molecule has 1 aromatic heterocycles. The number of hydrogen-bond donors (Lipinski definition) is 1. The van der Waals surface area contributed by atoms with E-state index in [1.807, 2.05) is 13.8 Å². The fourth-order valence-corrected chi connectivity index (χ4v) is 2.95. The third kappa shape index (κ3) is 2.25. The first-order valence-corrected chi connectivity index (χ1v) is 6.00. The van der Waals surface area contributed by atoms with Crippen LogP contribution >= 0.6 is 0 Å². The fraction of sp³-hybridized carbons (Fsp3) is 0.625. The summed E-state index contributed by atoms with van der Waals surface area (Å²) in [5.41, 5.74) is 5.76. The van der Waals surface area contributed by atoms with Crippen LogP contribution in [0.25, 0.3) is 0 Å². The molecule has 0 spiro atoms. The molecule has 1 heterocycles. The molecule has 1 aromatic rings. The molecule has 0 bridgehead atoms. The lowest BCUT2D eigenvalue weighted by Gasteiger charge is -2.04. The largest absolute Gasteiger partial charge is 0.395 e. The van der Waals surface area contributed by atoms with E-state index in [4.69, 9.17) is 5.73 Å². The maximum atomic E-state index is 11.7. The number of nitrogen functional groups attached to an aromatic ring is 1. The fourth-order valence-electron chi connectivity index (χ4n) is 1.25. The highest BCUT2D eigenvalue weighted by atomic mass is 32.2. The van der Waals surface area contributed by atoms with Crippen molar-refractivity contribution in [2.75, 3.05) is 11.5 Å². The molecule has 0 aromatic carbocycles. The monoisotopic (exact) mass is 217 g/mol. The zero-order valence-corrected chi connectivity index (χ0v) is 9.37. The Bertz CT molecular complexity index is 420. The number of anilines is 1. The summed E-state index contributed by atoms with van der Waals surface area (Å²) >= 11 is 0. The topological polar surface area (TPSA) is 78.0 Å². The Labute approximate surface area is 83.8 Å². The summed E-state index contributed by atoms with van der Waals surface area (Å²) in [4.78, 5) is 0. The molecular weight excluding hydrogens is 202 g/mol. The first-order valence-electron chi connectivity index (χ1n) is 4.35. The van der Waals surface area contributed by atoms with Crippen LogP contribution in [0.4, 0.5) is 5.69 Å². The van der Waals surface area contributed by atoms with Crippen LogP contribution in [-0.2, 0) is 16.9 Å². The lowest BCUT2D eigenvalue weighted by molar-refractivity contribution is 0.575. The molecule has 14 heavy (non-hydrogen) atoms. The maximum absolute atomic E-state index is 11.7. The van der Waals surface area contributed by atoms with E-state index in [0.29, 0.717) is 0 Å². The van der Waals surface area contributed by atoms with E-state index in [9.17, 15) is 8.42 Å². The molecule has 0 fully saturated rings. The van der Waals surface area contributed by atoms with E-state index in [1.165, 1.54) is 10.9 Å². The van der Waals surface area contributed by atoms with Gasteiger partial charge in [0.2, 0.25) is 0 Å². The molecule has 0 saturated carbocycles. The standard InChI is InChI=1S/C8H15N3O2S/c1-6(2)5-14(12,13)8-7(9)4-11(3)10-8/h4,6H,5,9H2,1-3H3. The van der Waals surface area contributed by atoms with Crippen LogP contribution in [0, 0.1) is 5.92 Å². The van der Waals surface area contributed by atoms with Crippen molar-refractivity contribution in [1.82, 2.24) is 9.78 Å². The summed E-state index contributed by atoms with van der Waals surface area (Å²) in [6.07, 6.45) is 1.49. The highest BCUT2D eigenvalue weighted by molar-refractivity contribution is 7.91. The number of sulfone groups is 1. The average molecular weight is 217 g/mol. The molecule has 0 aliphatic heterocycles. The molecule has 0 radical (unpaired) electrons. The van der Waals surface area contributed by atoms with Crippen molar-refractivity contribution in [2.24, 2.45) is 13.0 Å². The van der Waals surface area contributed by atoms with Crippen LogP contribution < -0.4 is 5.73 Å². The second-order valence-corrected chi connectivity index (χ2v) is 5.69. The zero-order valence-electron chi connectivity index (χ0n) is 8.56. The molecule has 80 valence electrons. The van der Waals surface area contributed by atoms with Gasteiger partial charge < -0.3 is 5.73 Å². The number of aryl methyl sites for hydroxylation is 1. The number of nitrogens with zero attached hydrogens (tertiary/aromatic N) is 2. The van der Waals surface area contributed by atoms with Crippen LogP contribution in [0.15, 0.2) is 11.2 Å². The Kier molecular flexibility index (Phi) is 2.84. The van der Waals surface area contributed by atoms with Crippen molar-refractivity contribution < 1.29 is 8.42 Å². The van der Waals surface area contributed by atoms with Gasteiger partial charge in [-0.05, 0) is 5.92 Å². The summed E-state index contributed by atoms with van der Waals surface area (Å²) in [5, 5.41) is 3.83. The van der Waals surface area contributed by atoms with Crippen molar-refractivity contribution in [3.63, 3.8) is 0 Å². The molecule has 2 N–H and O–H groups in total. The third-order valence-electron chi connectivity index (χ3n) is 1.67. The van der Waals surface area contributed by atoms with E-state index in [2.05, 4.69) is 5.10 Å². The Morgan fingerprint density at radius 2 is 2.14 bits per heavy atom. The van der Waals surface area contributed by atoms with E-state index < -0.39 is 9.84 Å². The highest BCUT2D eigenvalue weighted by Crippen LogP contribution is 2.18. The molecule has 6 heteroatoms. The van der Waals surface area contributed by atoms with Gasteiger partial charge in [-0.15, -0.1) is 0 Å². The molecule has 5 nitrogen and oxygen atoms in total. The lowest BCUT2D eigenvalue weighted by atomic mass is 10.3. The Morgan fingerprint density at radius 3 is 2.50 bits per heavy atom. The van der Waals surface area contributed by atoms with E-state index >= 15 is 0 Å². The minimum absolute atomic E-state index is 0.00583. The molecule has 1 rings (SSSR count). The van der Waals surface area contributed by atoms with Crippen LogP contribution in [0.5, 0.6) is 0 Å². The molecule has 0 aliphatic rings. The minimum Gasteiger partial charge on any atom is -0.395 e. The van der Waals surface area contributed by atoms with Gasteiger partial charge >= 0.3 is 0 Å². The predicted molar refractivity (Wildman–Crippen MR) is 54.5 cm³/mol. The summed E-state index contributed by atoms with van der Waals surface area (Å²) in [6.45, 7) is 3.69. The summed E-state index contributed by atoms with van der Waals surface area (Å²) in [5.74, 6) is 0.148. The quantitative estimate of drug-likeness (QED) is 0.796. The smallest absolute Gasteiger partial charge is 0.199 e. The number of nitrogens with two attached hydrogens (primary N) is 1. The molecular formula is C8H15N3O2S. The zero-order chi connectivity index (χ0) is 10.9. The number of aromatic nitrogens is 2. The van der Waals surface area contributed by atoms with Crippen LogP contribution in [0.1, 0.15) is 13.8 Å². The summed E-state index contributed by atoms with van der Waals surface area (Å²) in [6, 6.07) is 0. The third-order valence-corrected chi connectivity index (χ3v) is 3.68. The second-order valence-electron chi connectivity index (χ2n) is 3.74. The average Bonchev–Trinajstić information content (AvgIpc) is 2.27. The van der Waals surface area contributed by atoms with Crippen molar-refractivity contribution in [2.45, 2.75) is 18.9 Å². The van der Waals surface area contributed by atoms with Crippen molar-refractivity contribution in [3.05, 3.63) is 6.20 Å². The predicted octanol–water partition coefficient (Wildman–Crippen LogP) is 0.432. The minimum atomic E-state index is -3.33. The van der Waals surface area contributed by atoms with Crippen LogP contribution in [0.2, 0.25) is 0 Å². The first kappa shape index (κ1) is 11.0. The summed E-state index contributed by atoms with van der Waals surface area (Å²) < 4.78 is 24.8. The molecule has 0 unspecified atom stereocenters. The maximum Gasteiger partial charge on any atom is 0.199 e. The van der Waals surface area contributed by atoms with Gasteiger partial charge in [-0.2, -0.15) is 5.10 Å². The van der Waals surface area contributed by atoms with E-state index in [1.54, 1.807) is 7.05 Å². The van der Waals surface area contributed by atoms with Crippen molar-refractivity contribution in [1.29, 1.82) is 0 Å². The van der Waals surface area contributed by atoms with Crippen LogP contribution in [-0.4, -0.2) is 24.0 Å². The molecule has 0 amide bonds. The highest BCUT2D eigenvalue weighted by Gasteiger charge is 2.22. The molecule has 0 aliphatic carbocycles. The number of hydrogen-bond acceptors (Lipinski definition) is 4. The van der Waals surface area contributed by atoms with Gasteiger partial charge in [0.15, 0.2) is 14.9 Å². The Balaban J connectivity index is 3.10. The normalized spacial score (nSPS) is 12.3. The van der Waals surface area contributed by atoms with Gasteiger partial charge in [0.1, 0.15) is 0 Å². The SMILES string of the molecule is CC(C)CS(=O)(=O)c1nn(C)cc1N. The van der Waals surface area contributed by atoms with Gasteiger partial charge in [0.05, 0.1) is 11.4 Å². The van der Waals surface area contributed by atoms with Gasteiger partial charge in [-0.1, -0.05) is 13.8 Å².